The van der Waals surface area contributed by atoms with Crippen molar-refractivity contribution in [1.82, 2.24) is 4.90 Å². The molecule has 6 heteroatoms. The van der Waals surface area contributed by atoms with Crippen LogP contribution < -0.4 is 0 Å². The quantitative estimate of drug-likeness (QED) is 0.428. The first kappa shape index (κ1) is 14.6. The van der Waals surface area contributed by atoms with Crippen LogP contribution in [0.3, 0.4) is 0 Å². The van der Waals surface area contributed by atoms with Crippen LogP contribution >= 0.6 is 34.8 Å². The van der Waals surface area contributed by atoms with Crippen LogP contribution in [0.1, 0.15) is 12.0 Å². The van der Waals surface area contributed by atoms with E-state index in [1.165, 1.54) is 0 Å². The summed E-state index contributed by atoms with van der Waals surface area (Å²) in [6.45, 7) is 0.559. The Hall–Kier alpha value is -0.740. The van der Waals surface area contributed by atoms with E-state index in [1.807, 2.05) is 12.1 Å². The van der Waals surface area contributed by atoms with Crippen molar-refractivity contribution in [1.29, 1.82) is 0 Å². The van der Waals surface area contributed by atoms with Gasteiger partial charge in [-0.3, -0.25) is 4.79 Å². The average molecular weight is 371 g/mol. The van der Waals surface area contributed by atoms with Crippen LogP contribution in [0.4, 0.5) is 0 Å². The summed E-state index contributed by atoms with van der Waals surface area (Å²) in [5.41, 5.74) is -0.339. The van der Waals surface area contributed by atoms with Gasteiger partial charge in [0.25, 0.3) is 5.91 Å². The summed E-state index contributed by atoms with van der Waals surface area (Å²) in [4.78, 5) is 14.5. The number of amides is 1. The molecule has 0 radical (unpaired) electrons. The Kier molecular flexibility index (Phi) is 2.83. The van der Waals surface area contributed by atoms with E-state index < -0.39 is 10.1 Å². The van der Waals surface area contributed by atoms with Crippen LogP contribution in [0.15, 0.2) is 36.4 Å². The third kappa shape index (κ3) is 1.55. The SMILES string of the molecule is O=C1N2[C@H]3[C@@H](CO[C@]2(c2ccc(Cl)cc2)C1(Cl)Cl)[C@H]1C=C[C@@H]3C1. The predicted molar refractivity (Wildman–Crippen MR) is 88.4 cm³/mol. The molecule has 2 saturated heterocycles. The van der Waals surface area contributed by atoms with E-state index in [2.05, 4.69) is 12.2 Å². The summed E-state index contributed by atoms with van der Waals surface area (Å²) >= 11 is 18.9. The van der Waals surface area contributed by atoms with Crippen molar-refractivity contribution >= 4 is 40.7 Å². The van der Waals surface area contributed by atoms with Gasteiger partial charge in [-0.05, 0) is 30.4 Å². The molecule has 1 aromatic rings. The number of alkyl halides is 2. The molecule has 0 N–H and O–H groups in total. The van der Waals surface area contributed by atoms with Crippen molar-refractivity contribution < 1.29 is 9.53 Å². The van der Waals surface area contributed by atoms with Crippen molar-refractivity contribution in [3.05, 3.63) is 47.0 Å². The Balaban J connectivity index is 1.65. The Bertz CT molecular complexity index is 732. The predicted octanol–water partition coefficient (Wildman–Crippen LogP) is 3.73. The topological polar surface area (TPSA) is 29.5 Å². The third-order valence-corrected chi connectivity index (χ3v) is 6.94. The smallest absolute Gasteiger partial charge is 0.267 e. The number of carbonyl (C=O) groups excluding carboxylic acids is 1. The molecule has 1 saturated carbocycles. The first-order valence-electron chi connectivity index (χ1n) is 7.77. The lowest BCUT2D eigenvalue weighted by atomic mass is 9.77. The highest BCUT2D eigenvalue weighted by Gasteiger charge is 2.78. The molecule has 2 aliphatic heterocycles. The molecule has 1 amide bonds. The summed E-state index contributed by atoms with van der Waals surface area (Å²) in [5.74, 6) is 0.931. The zero-order valence-electron chi connectivity index (χ0n) is 12.1. The van der Waals surface area contributed by atoms with Crippen molar-refractivity contribution in [3.8, 4) is 0 Å². The molecule has 0 aromatic heterocycles. The van der Waals surface area contributed by atoms with Crippen molar-refractivity contribution in [3.63, 3.8) is 0 Å². The normalized spacial score (nSPS) is 42.4. The summed E-state index contributed by atoms with van der Waals surface area (Å²) in [6.07, 6.45) is 5.56. The lowest BCUT2D eigenvalue weighted by Gasteiger charge is -2.65. The number of hydrogen-bond acceptors (Lipinski definition) is 2. The number of ether oxygens (including phenoxy) is 1. The standard InChI is InChI=1S/C17H14Cl3NO2/c18-12-5-3-11(4-6-12)17-16(19,20)15(22)21(17)14-10-2-1-9(7-10)13(14)8-23-17/h1-6,9-10,13-14H,7-8H2/t9-,10+,13-,14+,17+/m0/s1. The van der Waals surface area contributed by atoms with Gasteiger partial charge in [-0.2, -0.15) is 0 Å². The molecular weight excluding hydrogens is 357 g/mol. The van der Waals surface area contributed by atoms with E-state index in [4.69, 9.17) is 39.5 Å². The Morgan fingerprint density at radius 3 is 2.57 bits per heavy atom. The first-order chi connectivity index (χ1) is 11.0. The van der Waals surface area contributed by atoms with Gasteiger partial charge in [0.2, 0.25) is 10.1 Å². The zero-order valence-corrected chi connectivity index (χ0v) is 14.4. The molecule has 2 heterocycles. The summed E-state index contributed by atoms with van der Waals surface area (Å²) in [6, 6.07) is 7.33. The number of rotatable bonds is 1. The summed E-state index contributed by atoms with van der Waals surface area (Å²) in [7, 11) is 0. The second-order valence-electron chi connectivity index (χ2n) is 6.81. The maximum atomic E-state index is 12.7. The van der Waals surface area contributed by atoms with Crippen molar-refractivity contribution in [2.24, 2.45) is 17.8 Å². The zero-order chi connectivity index (χ0) is 16.0. The molecule has 0 unspecified atom stereocenters. The minimum Gasteiger partial charge on any atom is -0.348 e. The van der Waals surface area contributed by atoms with Gasteiger partial charge in [-0.15, -0.1) is 0 Å². The van der Waals surface area contributed by atoms with Crippen LogP contribution in [0.5, 0.6) is 0 Å². The second-order valence-corrected chi connectivity index (χ2v) is 8.58. The maximum absolute atomic E-state index is 12.7. The Morgan fingerprint density at radius 1 is 1.13 bits per heavy atom. The fourth-order valence-corrected chi connectivity index (χ4v) is 5.66. The van der Waals surface area contributed by atoms with Gasteiger partial charge in [0.05, 0.1) is 6.61 Å². The molecule has 4 aliphatic rings. The highest BCUT2D eigenvalue weighted by Crippen LogP contribution is 2.64. The third-order valence-electron chi connectivity index (χ3n) is 5.85. The Morgan fingerprint density at radius 2 is 1.83 bits per heavy atom. The van der Waals surface area contributed by atoms with E-state index in [0.29, 0.717) is 29.4 Å². The average Bonchev–Trinajstić information content (AvgIpc) is 3.15. The summed E-state index contributed by atoms with van der Waals surface area (Å²) < 4.78 is 4.61. The molecule has 3 fully saturated rings. The minimum atomic E-state index is -1.60. The molecule has 1 aromatic carbocycles. The number of benzene rings is 1. The molecule has 3 nitrogen and oxygen atoms in total. The summed E-state index contributed by atoms with van der Waals surface area (Å²) in [5, 5.41) is 0.619. The number of β-lactam (4-membered cyclic amide) rings is 1. The molecular formula is C17H14Cl3NO2. The second kappa shape index (κ2) is 4.45. The van der Waals surface area contributed by atoms with E-state index in [9.17, 15) is 4.79 Å². The lowest BCUT2D eigenvalue weighted by molar-refractivity contribution is -0.277. The van der Waals surface area contributed by atoms with Gasteiger partial charge in [0.1, 0.15) is 0 Å². The highest BCUT2D eigenvalue weighted by atomic mass is 35.5. The van der Waals surface area contributed by atoms with Crippen LogP contribution in [0.25, 0.3) is 0 Å². The van der Waals surface area contributed by atoms with Gasteiger partial charge in [-0.25, -0.2) is 0 Å². The molecule has 5 atom stereocenters. The van der Waals surface area contributed by atoms with E-state index in [1.54, 1.807) is 17.0 Å². The van der Waals surface area contributed by atoms with Gasteiger partial charge in [-0.1, -0.05) is 59.1 Å². The van der Waals surface area contributed by atoms with Gasteiger partial charge < -0.3 is 9.64 Å². The monoisotopic (exact) mass is 369 g/mol. The van der Waals surface area contributed by atoms with E-state index in [-0.39, 0.29) is 11.9 Å². The lowest BCUT2D eigenvalue weighted by Crippen LogP contribution is -2.82. The van der Waals surface area contributed by atoms with Crippen molar-refractivity contribution in [2.75, 3.05) is 6.61 Å². The van der Waals surface area contributed by atoms with Crippen LogP contribution in [-0.4, -0.2) is 27.8 Å². The molecule has 2 aliphatic carbocycles. The van der Waals surface area contributed by atoms with Crippen LogP contribution in [0.2, 0.25) is 5.02 Å². The Labute approximate surface area is 149 Å². The van der Waals surface area contributed by atoms with Crippen LogP contribution in [-0.2, 0) is 15.3 Å². The van der Waals surface area contributed by atoms with Crippen molar-refractivity contribution in [2.45, 2.75) is 22.5 Å². The number of hydrogen-bond donors (Lipinski definition) is 0. The number of fused-ring (bicyclic) bond motifs is 7. The van der Waals surface area contributed by atoms with Gasteiger partial charge >= 0.3 is 0 Å². The van der Waals surface area contributed by atoms with E-state index in [0.717, 1.165) is 12.0 Å². The number of halogens is 3. The molecule has 0 spiro atoms. The number of allylic oxidation sites excluding steroid dienone is 1. The molecule has 2 bridgehead atoms. The van der Waals surface area contributed by atoms with Gasteiger partial charge in [0.15, 0.2) is 0 Å². The van der Waals surface area contributed by atoms with E-state index >= 15 is 0 Å². The van der Waals surface area contributed by atoms with Crippen LogP contribution in [0, 0.1) is 17.8 Å². The maximum Gasteiger partial charge on any atom is 0.267 e. The first-order valence-corrected chi connectivity index (χ1v) is 8.90. The fraction of sp³-hybridized carbons (Fsp3) is 0.471. The number of carbonyl (C=O) groups is 1. The molecule has 5 rings (SSSR count). The fourth-order valence-electron chi connectivity index (χ4n) is 4.84. The largest absolute Gasteiger partial charge is 0.348 e. The molecule has 23 heavy (non-hydrogen) atoms. The van der Waals surface area contributed by atoms with Gasteiger partial charge in [0, 0.05) is 22.5 Å². The highest BCUT2D eigenvalue weighted by molar-refractivity contribution is 6.61. The molecule has 120 valence electrons. The minimum absolute atomic E-state index is 0.118. The number of nitrogens with zero attached hydrogens (tertiary/aromatic N) is 1.